The van der Waals surface area contributed by atoms with Crippen molar-refractivity contribution in [3.05, 3.63) is 147 Å². The van der Waals surface area contributed by atoms with E-state index in [1.54, 1.807) is 72.6 Å². The number of halogens is 1. The second-order valence-corrected chi connectivity index (χ2v) is 13.1. The highest BCUT2D eigenvalue weighted by Gasteiger charge is 2.52. The summed E-state index contributed by atoms with van der Waals surface area (Å²) in [5, 5.41) is 28.2. The molecule has 0 radical (unpaired) electrons. The minimum atomic E-state index is -1.94. The zero-order chi connectivity index (χ0) is 34.3. The molecule has 3 atom stereocenters. The van der Waals surface area contributed by atoms with Gasteiger partial charge in [-0.1, -0.05) is 85.3 Å². The number of fused-ring (bicyclic) bond motifs is 3. The molecule has 10 heteroatoms. The number of aliphatic hydroxyl groups excluding tert-OH is 1. The third-order valence-electron chi connectivity index (χ3n) is 9.69. The molecule has 2 N–H and O–H groups in total. The van der Waals surface area contributed by atoms with E-state index in [-0.39, 0.29) is 37.1 Å². The molecule has 0 saturated heterocycles. The normalized spacial score (nSPS) is 19.3. The van der Waals surface area contributed by atoms with Crippen LogP contribution in [-0.4, -0.2) is 49.4 Å². The van der Waals surface area contributed by atoms with Crippen LogP contribution in [0.25, 0.3) is 16.5 Å². The molecule has 7 rings (SSSR count). The molecule has 5 aromatic rings. The molecular formula is C39H35ClN4O5. The molecule has 0 spiro atoms. The zero-order valence-electron chi connectivity index (χ0n) is 26.9. The number of aliphatic hydroxyl groups is 2. The number of anilines is 1. The average molecular weight is 675 g/mol. The van der Waals surface area contributed by atoms with E-state index in [0.717, 1.165) is 22.1 Å². The van der Waals surface area contributed by atoms with Gasteiger partial charge in [-0.3, -0.25) is 14.4 Å². The fourth-order valence-corrected chi connectivity index (χ4v) is 7.16. The van der Waals surface area contributed by atoms with Crippen molar-refractivity contribution in [1.29, 1.82) is 0 Å². The van der Waals surface area contributed by atoms with Crippen LogP contribution in [0.15, 0.2) is 114 Å². The summed E-state index contributed by atoms with van der Waals surface area (Å²) in [6.07, 6.45) is 5.64. The fraction of sp³-hybridized carbons (Fsp3) is 0.231. The van der Waals surface area contributed by atoms with Crippen LogP contribution in [0.3, 0.4) is 0 Å². The summed E-state index contributed by atoms with van der Waals surface area (Å²) >= 11 is 6.38. The van der Waals surface area contributed by atoms with Crippen molar-refractivity contribution in [2.24, 2.45) is 5.92 Å². The molecule has 0 unspecified atom stereocenters. The number of carbonyl (C=O) groups excluding carboxylic acids is 2. The van der Waals surface area contributed by atoms with Crippen molar-refractivity contribution in [2.75, 3.05) is 11.5 Å². The van der Waals surface area contributed by atoms with E-state index in [9.17, 15) is 24.6 Å². The largest absolute Gasteiger partial charge is 0.394 e. The number of hydrogen-bond acceptors (Lipinski definition) is 6. The Kier molecular flexibility index (Phi) is 8.66. The smallest absolute Gasteiger partial charge is 0.279 e. The number of carbonyl (C=O) groups is 2. The average Bonchev–Trinajstić information content (AvgIpc) is 3.33. The Labute approximate surface area is 288 Å². The van der Waals surface area contributed by atoms with Crippen molar-refractivity contribution in [1.82, 2.24) is 14.7 Å². The molecule has 0 saturated carbocycles. The van der Waals surface area contributed by atoms with Crippen molar-refractivity contribution in [3.8, 4) is 5.69 Å². The molecule has 4 aromatic carbocycles. The van der Waals surface area contributed by atoms with E-state index < -0.39 is 17.4 Å². The minimum Gasteiger partial charge on any atom is -0.394 e. The van der Waals surface area contributed by atoms with Crippen LogP contribution in [0.5, 0.6) is 0 Å². The monoisotopic (exact) mass is 674 g/mol. The Hall–Kier alpha value is -5.09. The lowest BCUT2D eigenvalue weighted by atomic mass is 9.83. The first-order valence-electron chi connectivity index (χ1n) is 16.2. The number of benzene rings is 4. The quantitative estimate of drug-likeness (QED) is 0.216. The van der Waals surface area contributed by atoms with Crippen molar-refractivity contribution in [3.63, 3.8) is 0 Å². The molecule has 2 amide bonds. The second-order valence-electron chi connectivity index (χ2n) is 12.7. The molecule has 49 heavy (non-hydrogen) atoms. The van der Waals surface area contributed by atoms with Gasteiger partial charge in [0.05, 0.1) is 42.2 Å². The van der Waals surface area contributed by atoms with E-state index in [1.807, 2.05) is 48.5 Å². The SMILES string of the molecule is C[C@H](/C=C/CC(=O)N1Cc2ccccc2C[C@H]1CO)[C@@]1(O)C(=O)N(Cc2cccc(-n3ncc4ccccc4c3=O)c2)c2ccc(Cl)cc21. The number of hydrogen-bond donors (Lipinski definition) is 2. The zero-order valence-corrected chi connectivity index (χ0v) is 27.6. The van der Waals surface area contributed by atoms with Crippen LogP contribution >= 0.6 is 11.6 Å². The van der Waals surface area contributed by atoms with Crippen molar-refractivity contribution >= 4 is 39.9 Å². The molecule has 0 bridgehead atoms. The van der Waals surface area contributed by atoms with Gasteiger partial charge in [0.25, 0.3) is 11.5 Å². The van der Waals surface area contributed by atoms with Gasteiger partial charge in [0.1, 0.15) is 0 Å². The van der Waals surface area contributed by atoms with Gasteiger partial charge in [-0.15, -0.1) is 0 Å². The van der Waals surface area contributed by atoms with E-state index in [0.29, 0.717) is 40.3 Å². The summed E-state index contributed by atoms with van der Waals surface area (Å²) in [4.78, 5) is 43.9. The molecule has 9 nitrogen and oxygen atoms in total. The van der Waals surface area contributed by atoms with Gasteiger partial charge in [0.2, 0.25) is 5.91 Å². The number of nitrogens with zero attached hydrogens (tertiary/aromatic N) is 4. The number of aromatic nitrogens is 2. The molecule has 1 aromatic heterocycles. The molecular weight excluding hydrogens is 640 g/mol. The Bertz CT molecular complexity index is 2180. The topological polar surface area (TPSA) is 116 Å². The Morgan fingerprint density at radius 3 is 2.61 bits per heavy atom. The van der Waals surface area contributed by atoms with Crippen molar-refractivity contribution < 1.29 is 19.8 Å². The lowest BCUT2D eigenvalue weighted by Crippen LogP contribution is -2.46. The maximum absolute atomic E-state index is 14.2. The molecule has 2 aliphatic rings. The highest BCUT2D eigenvalue weighted by molar-refractivity contribution is 6.31. The molecule has 248 valence electrons. The van der Waals surface area contributed by atoms with Gasteiger partial charge in [-0.2, -0.15) is 9.78 Å². The fourth-order valence-electron chi connectivity index (χ4n) is 6.99. The van der Waals surface area contributed by atoms with Gasteiger partial charge in [0, 0.05) is 34.9 Å². The third kappa shape index (κ3) is 5.84. The summed E-state index contributed by atoms with van der Waals surface area (Å²) in [6, 6.07) is 27.1. The summed E-state index contributed by atoms with van der Waals surface area (Å²) in [5.41, 5.74) is 2.18. The maximum atomic E-state index is 14.2. The lowest BCUT2D eigenvalue weighted by Gasteiger charge is -2.36. The highest BCUT2D eigenvalue weighted by atomic mass is 35.5. The molecule has 0 aliphatic carbocycles. The Morgan fingerprint density at radius 1 is 1.02 bits per heavy atom. The lowest BCUT2D eigenvalue weighted by molar-refractivity contribution is -0.139. The molecule has 2 aliphatic heterocycles. The predicted octanol–water partition coefficient (Wildman–Crippen LogP) is 5.30. The molecule has 0 fully saturated rings. The summed E-state index contributed by atoms with van der Waals surface area (Å²) < 4.78 is 1.33. The number of rotatable bonds is 8. The van der Waals surface area contributed by atoms with Gasteiger partial charge in [0.15, 0.2) is 5.60 Å². The van der Waals surface area contributed by atoms with Gasteiger partial charge in [-0.05, 0) is 59.5 Å². The third-order valence-corrected chi connectivity index (χ3v) is 9.92. The van der Waals surface area contributed by atoms with E-state index >= 15 is 0 Å². The van der Waals surface area contributed by atoms with Gasteiger partial charge in [-0.25, -0.2) is 0 Å². The number of amides is 2. The first-order valence-corrected chi connectivity index (χ1v) is 16.6. The summed E-state index contributed by atoms with van der Waals surface area (Å²) in [7, 11) is 0. The van der Waals surface area contributed by atoms with Crippen LogP contribution in [0.2, 0.25) is 5.02 Å². The van der Waals surface area contributed by atoms with E-state index in [1.165, 1.54) is 9.58 Å². The maximum Gasteiger partial charge on any atom is 0.279 e. The van der Waals surface area contributed by atoms with Crippen LogP contribution < -0.4 is 10.5 Å². The van der Waals surface area contributed by atoms with Crippen LogP contribution in [-0.2, 0) is 34.7 Å². The molecule has 3 heterocycles. The first kappa shape index (κ1) is 32.5. The van der Waals surface area contributed by atoms with E-state index in [2.05, 4.69) is 5.10 Å². The standard InChI is InChI=1S/C39H35ClN4O5/c1-25(8-6-15-36(46)42-23-29-12-3-2-10-27(29)19-32(42)24-45)39(49)34-20-30(40)16-17-35(34)43(38(39)48)22-26-9-7-13-31(18-26)44-37(47)33-14-5-4-11-28(33)21-41-44/h2-14,16-18,20-21,25,32,45,49H,15,19,22-24H2,1H3/b8-6+/t25-,32+,39+/m1/s1. The summed E-state index contributed by atoms with van der Waals surface area (Å²) in [5.74, 6) is -1.38. The van der Waals surface area contributed by atoms with Crippen LogP contribution in [0.1, 0.15) is 35.6 Å². The Morgan fingerprint density at radius 2 is 1.80 bits per heavy atom. The summed E-state index contributed by atoms with van der Waals surface area (Å²) in [6.45, 7) is 2.14. The van der Waals surface area contributed by atoms with Crippen LogP contribution in [0.4, 0.5) is 5.69 Å². The van der Waals surface area contributed by atoms with Crippen molar-refractivity contribution in [2.45, 2.75) is 44.5 Å². The van der Waals surface area contributed by atoms with Gasteiger partial charge >= 0.3 is 0 Å². The predicted molar refractivity (Wildman–Crippen MR) is 188 cm³/mol. The van der Waals surface area contributed by atoms with Gasteiger partial charge < -0.3 is 20.0 Å². The minimum absolute atomic E-state index is 0.0500. The Balaban J connectivity index is 1.12. The van der Waals surface area contributed by atoms with Crippen LogP contribution in [0, 0.1) is 5.92 Å². The van der Waals surface area contributed by atoms with E-state index in [4.69, 9.17) is 11.6 Å². The highest BCUT2D eigenvalue weighted by Crippen LogP contribution is 2.46. The first-order chi connectivity index (χ1) is 23.7. The second kappa shape index (κ2) is 13.1.